The summed E-state index contributed by atoms with van der Waals surface area (Å²) in [5.41, 5.74) is 1.78. The van der Waals surface area contributed by atoms with Crippen LogP contribution in [0.15, 0.2) is 29.6 Å². The van der Waals surface area contributed by atoms with Crippen LogP contribution in [0.5, 0.6) is 0 Å². The zero-order valence-corrected chi connectivity index (χ0v) is 10.9. The van der Waals surface area contributed by atoms with E-state index in [2.05, 4.69) is 10.3 Å². The molecule has 0 radical (unpaired) electrons. The fourth-order valence-electron chi connectivity index (χ4n) is 1.38. The van der Waals surface area contributed by atoms with E-state index < -0.39 is 0 Å². The molecular formula is C12H13ClN2OS. The van der Waals surface area contributed by atoms with Crippen molar-refractivity contribution >= 4 is 28.1 Å². The molecule has 0 aliphatic carbocycles. The van der Waals surface area contributed by atoms with Gasteiger partial charge in [0.1, 0.15) is 0 Å². The van der Waals surface area contributed by atoms with Crippen LogP contribution in [-0.4, -0.2) is 22.7 Å². The maximum Gasteiger partial charge on any atom is 0.183 e. The van der Waals surface area contributed by atoms with Gasteiger partial charge in [-0.3, -0.25) is 0 Å². The normalized spacial score (nSPS) is 12.4. The van der Waals surface area contributed by atoms with Gasteiger partial charge >= 0.3 is 0 Å². The Bertz CT molecular complexity index is 499. The van der Waals surface area contributed by atoms with E-state index >= 15 is 0 Å². The van der Waals surface area contributed by atoms with Crippen LogP contribution in [-0.2, 0) is 0 Å². The second kappa shape index (κ2) is 5.49. The highest BCUT2D eigenvalue weighted by atomic mass is 35.5. The van der Waals surface area contributed by atoms with Crippen molar-refractivity contribution in [2.75, 3.05) is 11.9 Å². The van der Waals surface area contributed by atoms with E-state index in [0.29, 0.717) is 11.6 Å². The van der Waals surface area contributed by atoms with Gasteiger partial charge in [0.2, 0.25) is 0 Å². The summed E-state index contributed by atoms with van der Waals surface area (Å²) in [6, 6.07) is 7.61. The molecule has 0 amide bonds. The average molecular weight is 269 g/mol. The summed E-state index contributed by atoms with van der Waals surface area (Å²) in [6.45, 7) is 2.23. The molecule has 0 spiro atoms. The number of halogens is 1. The fourth-order valence-corrected chi connectivity index (χ4v) is 2.34. The molecule has 1 atom stereocenters. The number of aliphatic hydroxyl groups excluding tert-OH is 1. The Morgan fingerprint density at radius 3 is 2.94 bits per heavy atom. The van der Waals surface area contributed by atoms with Crippen molar-refractivity contribution in [3.8, 4) is 11.3 Å². The Labute approximate surface area is 109 Å². The molecule has 17 heavy (non-hydrogen) atoms. The maximum atomic E-state index is 9.17. The Hall–Kier alpha value is -1.10. The molecule has 0 aliphatic heterocycles. The largest absolute Gasteiger partial charge is 0.392 e. The van der Waals surface area contributed by atoms with E-state index in [-0.39, 0.29) is 6.10 Å². The van der Waals surface area contributed by atoms with Gasteiger partial charge in [-0.25, -0.2) is 4.98 Å². The number of nitrogens with zero attached hydrogens (tertiary/aromatic N) is 1. The quantitative estimate of drug-likeness (QED) is 0.895. The van der Waals surface area contributed by atoms with Crippen LogP contribution in [0.1, 0.15) is 6.92 Å². The zero-order valence-electron chi connectivity index (χ0n) is 9.35. The van der Waals surface area contributed by atoms with Gasteiger partial charge in [-0.2, -0.15) is 0 Å². The number of thiazole rings is 1. The van der Waals surface area contributed by atoms with Gasteiger partial charge in [0.25, 0.3) is 0 Å². The SMILES string of the molecule is C[C@@H](O)CNc1nc(-c2ccccc2Cl)cs1. The summed E-state index contributed by atoms with van der Waals surface area (Å²) >= 11 is 7.60. The molecule has 1 heterocycles. The minimum Gasteiger partial charge on any atom is -0.392 e. The fraction of sp³-hybridized carbons (Fsp3) is 0.250. The molecule has 3 nitrogen and oxygen atoms in total. The zero-order chi connectivity index (χ0) is 12.3. The summed E-state index contributed by atoms with van der Waals surface area (Å²) in [5, 5.41) is 15.7. The van der Waals surface area contributed by atoms with E-state index in [4.69, 9.17) is 11.6 Å². The third-order valence-electron chi connectivity index (χ3n) is 2.20. The predicted octanol–water partition coefficient (Wildman–Crippen LogP) is 3.26. The van der Waals surface area contributed by atoms with E-state index in [1.807, 2.05) is 29.6 Å². The average Bonchev–Trinajstić information content (AvgIpc) is 2.75. The van der Waals surface area contributed by atoms with Crippen LogP contribution in [0.4, 0.5) is 5.13 Å². The lowest BCUT2D eigenvalue weighted by Crippen LogP contribution is -2.14. The Morgan fingerprint density at radius 1 is 1.47 bits per heavy atom. The minimum absolute atomic E-state index is 0.386. The summed E-state index contributed by atoms with van der Waals surface area (Å²) in [6.07, 6.45) is -0.386. The molecular weight excluding hydrogens is 256 g/mol. The van der Waals surface area contributed by atoms with Gasteiger partial charge in [-0.15, -0.1) is 11.3 Å². The third kappa shape index (κ3) is 3.19. The molecule has 0 aliphatic rings. The number of aromatic nitrogens is 1. The van der Waals surface area contributed by atoms with Crippen molar-refractivity contribution in [3.05, 3.63) is 34.7 Å². The number of rotatable bonds is 4. The van der Waals surface area contributed by atoms with E-state index in [9.17, 15) is 5.11 Å². The number of nitrogens with one attached hydrogen (secondary N) is 1. The second-order valence-corrected chi connectivity index (χ2v) is 5.01. The topological polar surface area (TPSA) is 45.1 Å². The van der Waals surface area contributed by atoms with Crippen molar-refractivity contribution in [2.24, 2.45) is 0 Å². The van der Waals surface area contributed by atoms with Crippen LogP contribution < -0.4 is 5.32 Å². The molecule has 0 unspecified atom stereocenters. The molecule has 0 saturated carbocycles. The molecule has 0 fully saturated rings. The van der Waals surface area contributed by atoms with E-state index in [1.54, 1.807) is 6.92 Å². The van der Waals surface area contributed by atoms with Crippen molar-refractivity contribution < 1.29 is 5.11 Å². The van der Waals surface area contributed by atoms with Gasteiger partial charge in [0.05, 0.1) is 11.8 Å². The van der Waals surface area contributed by atoms with Crippen LogP contribution >= 0.6 is 22.9 Å². The Kier molecular flexibility index (Phi) is 3.99. The first kappa shape index (κ1) is 12.4. The second-order valence-electron chi connectivity index (χ2n) is 3.75. The van der Waals surface area contributed by atoms with Gasteiger partial charge in [0.15, 0.2) is 5.13 Å². The van der Waals surface area contributed by atoms with Crippen molar-refractivity contribution in [1.29, 1.82) is 0 Å². The van der Waals surface area contributed by atoms with Crippen molar-refractivity contribution in [2.45, 2.75) is 13.0 Å². The van der Waals surface area contributed by atoms with Gasteiger partial charge in [-0.05, 0) is 13.0 Å². The number of anilines is 1. The lowest BCUT2D eigenvalue weighted by molar-refractivity contribution is 0.208. The number of benzene rings is 1. The Morgan fingerprint density at radius 2 is 2.24 bits per heavy atom. The number of hydrogen-bond acceptors (Lipinski definition) is 4. The molecule has 1 aromatic carbocycles. The van der Waals surface area contributed by atoms with Crippen LogP contribution in [0.2, 0.25) is 5.02 Å². The number of aliphatic hydroxyl groups is 1. The molecule has 1 aromatic heterocycles. The molecule has 2 rings (SSSR count). The van der Waals surface area contributed by atoms with Crippen LogP contribution in [0, 0.1) is 0 Å². The third-order valence-corrected chi connectivity index (χ3v) is 3.33. The van der Waals surface area contributed by atoms with Gasteiger partial charge in [-0.1, -0.05) is 29.8 Å². The van der Waals surface area contributed by atoms with Gasteiger partial charge in [0, 0.05) is 22.5 Å². The molecule has 2 aromatic rings. The monoisotopic (exact) mass is 268 g/mol. The van der Waals surface area contributed by atoms with Crippen molar-refractivity contribution in [3.63, 3.8) is 0 Å². The van der Waals surface area contributed by atoms with Gasteiger partial charge < -0.3 is 10.4 Å². The smallest absolute Gasteiger partial charge is 0.183 e. The number of hydrogen-bond donors (Lipinski definition) is 2. The Balaban J connectivity index is 2.16. The lowest BCUT2D eigenvalue weighted by Gasteiger charge is -2.04. The molecule has 90 valence electrons. The highest BCUT2D eigenvalue weighted by molar-refractivity contribution is 7.14. The first-order valence-corrected chi connectivity index (χ1v) is 6.55. The first-order valence-electron chi connectivity index (χ1n) is 5.29. The van der Waals surface area contributed by atoms with Crippen LogP contribution in [0.25, 0.3) is 11.3 Å². The molecule has 2 N–H and O–H groups in total. The van der Waals surface area contributed by atoms with E-state index in [1.165, 1.54) is 11.3 Å². The highest BCUT2D eigenvalue weighted by Crippen LogP contribution is 2.30. The minimum atomic E-state index is -0.386. The summed E-state index contributed by atoms with van der Waals surface area (Å²) in [5.74, 6) is 0. The van der Waals surface area contributed by atoms with E-state index in [0.717, 1.165) is 16.4 Å². The first-order chi connectivity index (χ1) is 8.16. The van der Waals surface area contributed by atoms with Crippen molar-refractivity contribution in [1.82, 2.24) is 4.98 Å². The highest BCUT2D eigenvalue weighted by Gasteiger charge is 2.07. The standard InChI is InChI=1S/C12H13ClN2OS/c1-8(16)6-14-12-15-11(7-17-12)9-4-2-3-5-10(9)13/h2-5,7-8,16H,6H2,1H3,(H,14,15)/t8-/m1/s1. The summed E-state index contributed by atoms with van der Waals surface area (Å²) < 4.78 is 0. The predicted molar refractivity (Wildman–Crippen MR) is 72.7 cm³/mol. The lowest BCUT2D eigenvalue weighted by atomic mass is 10.2. The maximum absolute atomic E-state index is 9.17. The molecule has 5 heteroatoms. The molecule has 0 saturated heterocycles. The van der Waals surface area contributed by atoms with Crippen LogP contribution in [0.3, 0.4) is 0 Å². The molecule has 0 bridgehead atoms. The summed E-state index contributed by atoms with van der Waals surface area (Å²) in [7, 11) is 0. The summed E-state index contributed by atoms with van der Waals surface area (Å²) in [4.78, 5) is 4.43.